The molecule has 2 aliphatic carbocycles. The zero-order chi connectivity index (χ0) is 21.3. The minimum absolute atomic E-state index is 0.00402. The van der Waals surface area contributed by atoms with Crippen LogP contribution in [0.1, 0.15) is 12.0 Å². The molecule has 2 aliphatic heterocycles. The smallest absolute Gasteiger partial charge is 0.238 e. The highest BCUT2D eigenvalue weighted by Crippen LogP contribution is 2.62. The first-order valence-electron chi connectivity index (χ1n) is 10.5. The van der Waals surface area contributed by atoms with E-state index < -0.39 is 0 Å². The molecule has 0 spiro atoms. The number of carbonyl (C=O) groups is 2. The van der Waals surface area contributed by atoms with Gasteiger partial charge >= 0.3 is 0 Å². The van der Waals surface area contributed by atoms with Crippen molar-refractivity contribution in [3.05, 3.63) is 54.1 Å². The maximum Gasteiger partial charge on any atom is 0.238 e. The average Bonchev–Trinajstić information content (AvgIpc) is 3.54. The lowest BCUT2D eigenvalue weighted by molar-refractivity contribution is -0.125. The second-order valence-electron chi connectivity index (χ2n) is 8.60. The topological polar surface area (TPSA) is 77.4 Å². The molecular formula is C24H22N2O5. The lowest BCUT2D eigenvalue weighted by Gasteiger charge is -2.30. The monoisotopic (exact) mass is 418 g/mol. The van der Waals surface area contributed by atoms with Crippen LogP contribution in [0.15, 0.2) is 53.7 Å². The van der Waals surface area contributed by atoms with Crippen LogP contribution in [0.4, 0.5) is 5.69 Å². The maximum atomic E-state index is 13.4. The van der Waals surface area contributed by atoms with Crippen molar-refractivity contribution in [2.75, 3.05) is 19.1 Å². The van der Waals surface area contributed by atoms with Crippen molar-refractivity contribution in [1.29, 1.82) is 0 Å². The molecule has 7 heteroatoms. The van der Waals surface area contributed by atoms with E-state index in [0.29, 0.717) is 17.2 Å². The molecule has 6 rings (SSSR count). The Kier molecular flexibility index (Phi) is 3.91. The minimum Gasteiger partial charge on any atom is -0.497 e. The van der Waals surface area contributed by atoms with Crippen molar-refractivity contribution in [1.82, 2.24) is 0 Å². The molecule has 2 saturated carbocycles. The van der Waals surface area contributed by atoms with Crippen LogP contribution < -0.4 is 14.4 Å². The fourth-order valence-electron chi connectivity index (χ4n) is 6.19. The quantitative estimate of drug-likeness (QED) is 0.714. The standard InChI is InChI=1S/C24H22N2O5/c1-29-13-8-9-14(17(10-13)30-2)21-20-15-11-16(22(20)31-25-21)19-18(15)23(27)26(24(19)28)12-6-4-3-5-7-12/h3-10,15-16,18-20,22H,11H2,1-2H3/t15-,16-,18-,19-,20-,22-/m1/s1. The Labute approximate surface area is 179 Å². The number of methoxy groups -OCH3 is 2. The second-order valence-corrected chi connectivity index (χ2v) is 8.60. The fourth-order valence-corrected chi connectivity index (χ4v) is 6.19. The van der Waals surface area contributed by atoms with E-state index >= 15 is 0 Å². The number of carbonyl (C=O) groups excluding carboxylic acids is 2. The Hall–Kier alpha value is -3.35. The summed E-state index contributed by atoms with van der Waals surface area (Å²) in [6.45, 7) is 0. The number of oxime groups is 1. The van der Waals surface area contributed by atoms with Crippen molar-refractivity contribution in [2.24, 2.45) is 34.7 Å². The Morgan fingerprint density at radius 3 is 2.39 bits per heavy atom. The highest BCUT2D eigenvalue weighted by atomic mass is 16.6. The summed E-state index contributed by atoms with van der Waals surface area (Å²) in [6, 6.07) is 14.8. The molecule has 2 amide bonds. The summed E-state index contributed by atoms with van der Waals surface area (Å²) in [7, 11) is 3.22. The van der Waals surface area contributed by atoms with Crippen molar-refractivity contribution in [3.8, 4) is 11.5 Å². The maximum absolute atomic E-state index is 13.4. The predicted molar refractivity (Wildman–Crippen MR) is 112 cm³/mol. The number of imide groups is 1. The third-order valence-corrected chi connectivity index (χ3v) is 7.39. The third kappa shape index (κ3) is 2.37. The third-order valence-electron chi connectivity index (χ3n) is 7.39. The molecule has 0 N–H and O–H groups in total. The number of para-hydroxylation sites is 1. The first-order chi connectivity index (χ1) is 15.1. The van der Waals surface area contributed by atoms with Crippen molar-refractivity contribution >= 4 is 23.2 Å². The van der Waals surface area contributed by atoms with Gasteiger partial charge in [-0.15, -0.1) is 0 Å². The molecule has 2 heterocycles. The Balaban J connectivity index is 1.36. The van der Waals surface area contributed by atoms with Gasteiger partial charge in [0.25, 0.3) is 0 Å². The number of benzene rings is 2. The Morgan fingerprint density at radius 1 is 0.935 bits per heavy atom. The van der Waals surface area contributed by atoms with Gasteiger partial charge in [-0.3, -0.25) is 14.5 Å². The van der Waals surface area contributed by atoms with Crippen LogP contribution in [0.25, 0.3) is 0 Å². The van der Waals surface area contributed by atoms with Gasteiger partial charge in [-0.1, -0.05) is 23.4 Å². The molecule has 0 aromatic heterocycles. The minimum atomic E-state index is -0.328. The molecule has 2 bridgehead atoms. The van der Waals surface area contributed by atoms with Gasteiger partial charge in [-0.05, 0) is 36.6 Å². The molecule has 3 fully saturated rings. The molecule has 1 saturated heterocycles. The molecule has 158 valence electrons. The van der Waals surface area contributed by atoms with E-state index in [1.54, 1.807) is 14.2 Å². The van der Waals surface area contributed by atoms with Crippen LogP contribution in [-0.4, -0.2) is 37.8 Å². The zero-order valence-electron chi connectivity index (χ0n) is 17.2. The van der Waals surface area contributed by atoms with E-state index in [1.807, 2.05) is 48.5 Å². The fraction of sp³-hybridized carbons (Fsp3) is 0.375. The molecule has 7 nitrogen and oxygen atoms in total. The van der Waals surface area contributed by atoms with Gasteiger partial charge < -0.3 is 14.3 Å². The number of fused-ring (bicyclic) bond motifs is 8. The average molecular weight is 418 g/mol. The van der Waals surface area contributed by atoms with Crippen LogP contribution in [0, 0.1) is 29.6 Å². The molecule has 2 aromatic carbocycles. The summed E-state index contributed by atoms with van der Waals surface area (Å²) in [5, 5.41) is 4.41. The lowest BCUT2D eigenvalue weighted by Crippen LogP contribution is -2.41. The number of amides is 2. The van der Waals surface area contributed by atoms with E-state index in [0.717, 1.165) is 17.7 Å². The van der Waals surface area contributed by atoms with Crippen molar-refractivity contribution < 1.29 is 23.9 Å². The molecule has 2 aromatic rings. The summed E-state index contributed by atoms with van der Waals surface area (Å²) in [6.07, 6.45) is 0.628. The summed E-state index contributed by atoms with van der Waals surface area (Å²) in [5.41, 5.74) is 2.29. The highest BCUT2D eigenvalue weighted by molar-refractivity contribution is 6.23. The summed E-state index contributed by atoms with van der Waals surface area (Å²) in [4.78, 5) is 33.9. The largest absolute Gasteiger partial charge is 0.497 e. The molecule has 4 aliphatic rings. The number of ether oxygens (including phenoxy) is 2. The summed E-state index contributed by atoms with van der Waals surface area (Å²) >= 11 is 0. The zero-order valence-corrected chi connectivity index (χ0v) is 17.2. The lowest BCUT2D eigenvalue weighted by atomic mass is 9.71. The van der Waals surface area contributed by atoms with E-state index in [9.17, 15) is 9.59 Å². The first kappa shape index (κ1) is 18.4. The normalized spacial score (nSPS) is 32.6. The summed E-state index contributed by atoms with van der Waals surface area (Å²) in [5.74, 6) is 0.490. The number of hydrogen-bond donors (Lipinski definition) is 0. The van der Waals surface area contributed by atoms with Crippen LogP contribution in [0.3, 0.4) is 0 Å². The predicted octanol–water partition coefficient (Wildman–Crippen LogP) is 2.88. The van der Waals surface area contributed by atoms with Crippen LogP contribution >= 0.6 is 0 Å². The van der Waals surface area contributed by atoms with E-state index in [-0.39, 0.29) is 47.5 Å². The van der Waals surface area contributed by atoms with Crippen LogP contribution in [-0.2, 0) is 14.4 Å². The Morgan fingerprint density at radius 2 is 1.68 bits per heavy atom. The van der Waals surface area contributed by atoms with E-state index in [2.05, 4.69) is 5.16 Å². The van der Waals surface area contributed by atoms with Gasteiger partial charge in [-0.25, -0.2) is 0 Å². The van der Waals surface area contributed by atoms with Gasteiger partial charge in [0.1, 0.15) is 17.6 Å². The molecular weight excluding hydrogens is 396 g/mol. The van der Waals surface area contributed by atoms with E-state index in [4.69, 9.17) is 14.3 Å². The number of anilines is 1. The van der Waals surface area contributed by atoms with E-state index in [1.165, 1.54) is 4.90 Å². The Bertz CT molecular complexity index is 1110. The molecule has 6 atom stereocenters. The van der Waals surface area contributed by atoms with Gasteiger partial charge in [0.05, 0.1) is 37.5 Å². The van der Waals surface area contributed by atoms with Crippen molar-refractivity contribution in [3.63, 3.8) is 0 Å². The van der Waals surface area contributed by atoms with Gasteiger partial charge in [-0.2, -0.15) is 0 Å². The van der Waals surface area contributed by atoms with Crippen LogP contribution in [0.5, 0.6) is 11.5 Å². The van der Waals surface area contributed by atoms with Gasteiger partial charge in [0.2, 0.25) is 11.8 Å². The first-order valence-corrected chi connectivity index (χ1v) is 10.5. The van der Waals surface area contributed by atoms with Crippen molar-refractivity contribution in [2.45, 2.75) is 12.5 Å². The van der Waals surface area contributed by atoms with Crippen LogP contribution in [0.2, 0.25) is 0 Å². The van der Waals surface area contributed by atoms with Gasteiger partial charge in [0, 0.05) is 23.5 Å². The number of hydrogen-bond acceptors (Lipinski definition) is 6. The SMILES string of the molecule is COc1ccc(C2=NO[C@@H]3[C@@H]4C[C@H]([C@H]5C(=O)N(c6ccccc6)C(=O)[C@H]45)[C@H]23)c(OC)c1. The molecule has 0 radical (unpaired) electrons. The molecule has 31 heavy (non-hydrogen) atoms. The summed E-state index contributed by atoms with van der Waals surface area (Å²) < 4.78 is 10.9. The van der Waals surface area contributed by atoms with Gasteiger partial charge in [0.15, 0.2) is 0 Å². The molecule has 0 unspecified atom stereocenters. The number of rotatable bonds is 4. The second kappa shape index (κ2) is 6.57. The highest BCUT2D eigenvalue weighted by Gasteiger charge is 2.70. The number of nitrogens with zero attached hydrogens (tertiary/aromatic N) is 2.